The van der Waals surface area contributed by atoms with E-state index in [2.05, 4.69) is 16.1 Å². The van der Waals surface area contributed by atoms with Gasteiger partial charge in [0.15, 0.2) is 0 Å². The van der Waals surface area contributed by atoms with E-state index >= 15 is 0 Å². The Morgan fingerprint density at radius 2 is 1.91 bits per heavy atom. The molecule has 23 heavy (non-hydrogen) atoms. The fourth-order valence-corrected chi connectivity index (χ4v) is 2.27. The summed E-state index contributed by atoms with van der Waals surface area (Å²) in [6.07, 6.45) is -0.509. The maximum Gasteiger partial charge on any atom is 0.412 e. The van der Waals surface area contributed by atoms with Crippen molar-refractivity contribution < 1.29 is 14.4 Å². The summed E-state index contributed by atoms with van der Waals surface area (Å²) < 4.78 is 5.17. The van der Waals surface area contributed by atoms with Crippen LogP contribution in [0.1, 0.15) is 24.2 Å². The minimum Gasteiger partial charge on any atom is -0.410 e. The van der Waals surface area contributed by atoms with Gasteiger partial charge in [0.25, 0.3) is 0 Å². The van der Waals surface area contributed by atoms with Gasteiger partial charge in [0, 0.05) is 6.54 Å². The SMILES string of the molecule is CC1NC(c2ccc(CNC(=O)Oc3ccccc3)cc2)NO1. The molecule has 1 heterocycles. The lowest BCUT2D eigenvalue weighted by Gasteiger charge is -2.11. The predicted molar refractivity (Wildman–Crippen MR) is 85.3 cm³/mol. The second-order valence-corrected chi connectivity index (χ2v) is 5.28. The zero-order valence-corrected chi connectivity index (χ0v) is 12.8. The van der Waals surface area contributed by atoms with E-state index in [4.69, 9.17) is 9.57 Å². The quantitative estimate of drug-likeness (QED) is 0.809. The first-order valence-corrected chi connectivity index (χ1v) is 7.47. The lowest BCUT2D eigenvalue weighted by atomic mass is 10.1. The highest BCUT2D eigenvalue weighted by atomic mass is 16.7. The van der Waals surface area contributed by atoms with Gasteiger partial charge in [-0.05, 0) is 30.2 Å². The van der Waals surface area contributed by atoms with Gasteiger partial charge in [-0.3, -0.25) is 10.2 Å². The molecular formula is C17H19N3O3. The third-order valence-corrected chi connectivity index (χ3v) is 3.47. The third kappa shape index (κ3) is 4.29. The van der Waals surface area contributed by atoms with E-state index in [1.54, 1.807) is 12.1 Å². The molecule has 6 heteroatoms. The van der Waals surface area contributed by atoms with Crippen LogP contribution in [0.15, 0.2) is 54.6 Å². The second kappa shape index (κ2) is 7.23. The molecule has 0 saturated carbocycles. The Balaban J connectivity index is 1.49. The minimum absolute atomic E-state index is 0.0185. The molecule has 1 aliphatic rings. The van der Waals surface area contributed by atoms with Gasteiger partial charge in [0.05, 0.1) is 0 Å². The zero-order chi connectivity index (χ0) is 16.1. The van der Waals surface area contributed by atoms with Crippen LogP contribution in [0.3, 0.4) is 0 Å². The second-order valence-electron chi connectivity index (χ2n) is 5.28. The lowest BCUT2D eigenvalue weighted by Crippen LogP contribution is -2.26. The Kier molecular flexibility index (Phi) is 4.87. The average molecular weight is 313 g/mol. The Morgan fingerprint density at radius 3 is 2.57 bits per heavy atom. The van der Waals surface area contributed by atoms with Crippen molar-refractivity contribution in [3.05, 3.63) is 65.7 Å². The van der Waals surface area contributed by atoms with E-state index in [-0.39, 0.29) is 12.4 Å². The van der Waals surface area contributed by atoms with Gasteiger partial charge in [-0.25, -0.2) is 4.79 Å². The number of nitrogens with one attached hydrogen (secondary N) is 3. The molecule has 0 bridgehead atoms. The molecule has 1 saturated heterocycles. The lowest BCUT2D eigenvalue weighted by molar-refractivity contribution is 0.0329. The first-order chi connectivity index (χ1) is 11.2. The van der Waals surface area contributed by atoms with Crippen LogP contribution in [0.4, 0.5) is 4.79 Å². The summed E-state index contributed by atoms with van der Waals surface area (Å²) in [6, 6.07) is 16.9. The van der Waals surface area contributed by atoms with Crippen LogP contribution in [-0.2, 0) is 11.4 Å². The molecule has 6 nitrogen and oxygen atoms in total. The molecule has 1 amide bonds. The van der Waals surface area contributed by atoms with Gasteiger partial charge in [-0.15, -0.1) is 0 Å². The molecule has 2 aromatic carbocycles. The summed E-state index contributed by atoms with van der Waals surface area (Å²) in [6.45, 7) is 2.34. The molecule has 1 fully saturated rings. The van der Waals surface area contributed by atoms with Gasteiger partial charge in [-0.2, -0.15) is 5.48 Å². The van der Waals surface area contributed by atoms with Gasteiger partial charge in [-0.1, -0.05) is 42.5 Å². The summed E-state index contributed by atoms with van der Waals surface area (Å²) in [5.74, 6) is 0.521. The summed E-state index contributed by atoms with van der Waals surface area (Å²) in [7, 11) is 0. The molecule has 2 atom stereocenters. The number of hydrogen-bond acceptors (Lipinski definition) is 5. The Bertz CT molecular complexity index is 646. The van der Waals surface area contributed by atoms with Crippen LogP contribution in [0.5, 0.6) is 5.75 Å². The van der Waals surface area contributed by atoms with E-state index in [1.807, 2.05) is 49.4 Å². The zero-order valence-electron chi connectivity index (χ0n) is 12.8. The predicted octanol–water partition coefficient (Wildman–Crippen LogP) is 2.44. The van der Waals surface area contributed by atoms with Gasteiger partial charge < -0.3 is 10.1 Å². The van der Waals surface area contributed by atoms with Crippen LogP contribution in [0.2, 0.25) is 0 Å². The molecule has 2 aromatic rings. The van der Waals surface area contributed by atoms with Crippen LogP contribution < -0.4 is 20.9 Å². The standard InChI is InChI=1S/C17H19N3O3/c1-12-19-16(20-23-12)14-9-7-13(8-10-14)11-18-17(21)22-15-5-3-2-4-6-15/h2-10,12,16,19-20H,11H2,1H3,(H,18,21). The van der Waals surface area contributed by atoms with E-state index in [0.717, 1.165) is 11.1 Å². The summed E-state index contributed by atoms with van der Waals surface area (Å²) in [5.41, 5.74) is 4.98. The normalized spacial score (nSPS) is 20.2. The molecular weight excluding hydrogens is 294 g/mol. The van der Waals surface area contributed by atoms with Gasteiger partial charge in [0.1, 0.15) is 18.1 Å². The fraction of sp³-hybridized carbons (Fsp3) is 0.235. The average Bonchev–Trinajstić information content (AvgIpc) is 3.01. The van der Waals surface area contributed by atoms with Gasteiger partial charge in [0.2, 0.25) is 0 Å². The van der Waals surface area contributed by atoms with Crippen molar-refractivity contribution in [1.29, 1.82) is 0 Å². The van der Waals surface area contributed by atoms with Crippen LogP contribution in [0, 0.1) is 0 Å². The summed E-state index contributed by atoms with van der Waals surface area (Å²) >= 11 is 0. The molecule has 120 valence electrons. The van der Waals surface area contributed by atoms with Crippen molar-refractivity contribution in [1.82, 2.24) is 16.1 Å². The van der Waals surface area contributed by atoms with Crippen molar-refractivity contribution in [2.45, 2.75) is 25.9 Å². The van der Waals surface area contributed by atoms with Crippen molar-refractivity contribution in [2.24, 2.45) is 0 Å². The largest absolute Gasteiger partial charge is 0.412 e. The van der Waals surface area contributed by atoms with E-state index in [9.17, 15) is 4.79 Å². The molecule has 0 aromatic heterocycles. The number of carbonyl (C=O) groups excluding carboxylic acids is 1. The minimum atomic E-state index is -0.471. The highest BCUT2D eigenvalue weighted by molar-refractivity contribution is 5.70. The molecule has 3 rings (SSSR count). The molecule has 0 radical (unpaired) electrons. The topological polar surface area (TPSA) is 71.6 Å². The van der Waals surface area contributed by atoms with Crippen molar-refractivity contribution in [3.63, 3.8) is 0 Å². The van der Waals surface area contributed by atoms with Crippen LogP contribution >= 0.6 is 0 Å². The summed E-state index contributed by atoms with van der Waals surface area (Å²) in [4.78, 5) is 17.0. The van der Waals surface area contributed by atoms with Crippen molar-refractivity contribution in [2.75, 3.05) is 0 Å². The van der Waals surface area contributed by atoms with E-state index < -0.39 is 6.09 Å². The first-order valence-electron chi connectivity index (χ1n) is 7.47. The molecule has 3 N–H and O–H groups in total. The number of amides is 1. The number of hydroxylamine groups is 1. The molecule has 2 unspecified atom stereocenters. The van der Waals surface area contributed by atoms with Crippen molar-refractivity contribution in [3.8, 4) is 5.75 Å². The monoisotopic (exact) mass is 313 g/mol. The third-order valence-electron chi connectivity index (χ3n) is 3.47. The van der Waals surface area contributed by atoms with Gasteiger partial charge >= 0.3 is 6.09 Å². The van der Waals surface area contributed by atoms with E-state index in [0.29, 0.717) is 12.3 Å². The van der Waals surface area contributed by atoms with E-state index in [1.165, 1.54) is 0 Å². The maximum atomic E-state index is 11.7. The van der Waals surface area contributed by atoms with Crippen LogP contribution in [-0.4, -0.2) is 12.3 Å². The van der Waals surface area contributed by atoms with Crippen molar-refractivity contribution >= 4 is 6.09 Å². The number of para-hydroxylation sites is 1. The van der Waals surface area contributed by atoms with Crippen LogP contribution in [0.25, 0.3) is 0 Å². The highest BCUT2D eigenvalue weighted by Gasteiger charge is 2.21. The Morgan fingerprint density at radius 1 is 1.17 bits per heavy atom. The number of hydrogen-bond donors (Lipinski definition) is 3. The fourth-order valence-electron chi connectivity index (χ4n) is 2.27. The molecule has 1 aliphatic heterocycles. The Hall–Kier alpha value is -2.41. The Labute approximate surface area is 134 Å². The smallest absolute Gasteiger partial charge is 0.410 e. The molecule has 0 aliphatic carbocycles. The highest BCUT2D eigenvalue weighted by Crippen LogP contribution is 2.16. The summed E-state index contributed by atoms with van der Waals surface area (Å²) in [5, 5.41) is 5.97. The number of benzene rings is 2. The maximum absolute atomic E-state index is 11.7. The number of carbonyl (C=O) groups is 1. The molecule has 0 spiro atoms. The number of rotatable bonds is 4. The number of ether oxygens (including phenoxy) is 1. The first kappa shape index (κ1) is 15.5.